The molecule has 1 aliphatic rings. The summed E-state index contributed by atoms with van der Waals surface area (Å²) in [5.41, 5.74) is 2.86. The number of carbonyl (C=O) groups is 2. The van der Waals surface area contributed by atoms with Crippen LogP contribution in [0.5, 0.6) is 17.2 Å². The van der Waals surface area contributed by atoms with Crippen molar-refractivity contribution in [3.8, 4) is 17.2 Å². The van der Waals surface area contributed by atoms with Crippen LogP contribution in [0.1, 0.15) is 35.9 Å². The molecule has 0 unspecified atom stereocenters. The first-order chi connectivity index (χ1) is 17.3. The summed E-state index contributed by atoms with van der Waals surface area (Å²) in [6, 6.07) is 20.3. The molecule has 3 aromatic carbocycles. The summed E-state index contributed by atoms with van der Waals surface area (Å²) in [6.45, 7) is 4.00. The largest absolute Gasteiger partial charge is 0.497 e. The van der Waals surface area contributed by atoms with Crippen LogP contribution >= 0.6 is 0 Å². The number of benzene rings is 3. The molecule has 0 saturated heterocycles. The van der Waals surface area contributed by atoms with Crippen LogP contribution in [0, 0.1) is 0 Å². The summed E-state index contributed by atoms with van der Waals surface area (Å²) in [5, 5.41) is 3.50. The van der Waals surface area contributed by atoms with Gasteiger partial charge in [-0.15, -0.1) is 0 Å². The van der Waals surface area contributed by atoms with Gasteiger partial charge < -0.3 is 24.4 Å². The molecule has 2 amide bonds. The van der Waals surface area contributed by atoms with Crippen molar-refractivity contribution in [1.29, 1.82) is 0 Å². The molecular formula is C28H31N3O5. The van der Waals surface area contributed by atoms with E-state index in [9.17, 15) is 9.59 Å². The Hall–Kier alpha value is -4.20. The van der Waals surface area contributed by atoms with Crippen LogP contribution in [0.25, 0.3) is 0 Å². The molecule has 0 spiro atoms. The van der Waals surface area contributed by atoms with Gasteiger partial charge in [0.05, 0.1) is 19.3 Å². The van der Waals surface area contributed by atoms with E-state index >= 15 is 0 Å². The minimum absolute atomic E-state index is 0.122. The highest BCUT2D eigenvalue weighted by atomic mass is 16.5. The third-order valence-electron chi connectivity index (χ3n) is 5.95. The number of fused-ring (bicyclic) bond motifs is 1. The normalized spacial score (nSPS) is 15.4. The third-order valence-corrected chi connectivity index (χ3v) is 5.95. The first kappa shape index (κ1) is 24.9. The predicted octanol–water partition coefficient (Wildman–Crippen LogP) is 4.72. The number of anilines is 2. The number of para-hydroxylation sites is 1. The highest BCUT2D eigenvalue weighted by Crippen LogP contribution is 2.40. The van der Waals surface area contributed by atoms with Gasteiger partial charge in [-0.3, -0.25) is 14.5 Å². The average Bonchev–Trinajstić information content (AvgIpc) is 2.89. The maximum atomic E-state index is 13.7. The molecule has 3 aromatic rings. The van der Waals surface area contributed by atoms with Crippen LogP contribution in [0.15, 0.2) is 66.7 Å². The Morgan fingerprint density at radius 2 is 1.78 bits per heavy atom. The van der Waals surface area contributed by atoms with Crippen molar-refractivity contribution < 1.29 is 23.8 Å². The van der Waals surface area contributed by atoms with E-state index in [0.29, 0.717) is 29.4 Å². The number of methoxy groups -OCH3 is 1. The van der Waals surface area contributed by atoms with Gasteiger partial charge in [0.15, 0.2) is 17.6 Å². The van der Waals surface area contributed by atoms with Crippen molar-refractivity contribution in [3.63, 3.8) is 0 Å². The van der Waals surface area contributed by atoms with E-state index in [1.54, 1.807) is 39.1 Å². The van der Waals surface area contributed by atoms with Crippen molar-refractivity contribution >= 4 is 23.2 Å². The number of nitrogens with one attached hydrogen (secondary N) is 1. The molecule has 0 radical (unpaired) electrons. The lowest BCUT2D eigenvalue weighted by Crippen LogP contribution is -2.43. The van der Waals surface area contributed by atoms with Gasteiger partial charge in [-0.1, -0.05) is 18.2 Å². The number of amides is 2. The topological polar surface area (TPSA) is 80.3 Å². The van der Waals surface area contributed by atoms with E-state index in [1.165, 1.54) is 4.90 Å². The van der Waals surface area contributed by atoms with Crippen LogP contribution in [-0.2, 0) is 4.79 Å². The number of likely N-dealkylation sites (N-methyl/N-ethyl adjacent to an activating group) is 1. The summed E-state index contributed by atoms with van der Waals surface area (Å²) in [6.07, 6.45) is -1.18. The average molecular weight is 490 g/mol. The maximum absolute atomic E-state index is 13.7. The van der Waals surface area contributed by atoms with E-state index in [2.05, 4.69) is 5.32 Å². The number of hydrogen-bond donors (Lipinski definition) is 1. The van der Waals surface area contributed by atoms with Gasteiger partial charge in [-0.05, 0) is 67.9 Å². The smallest absolute Gasteiger partial charge is 0.262 e. The quantitative estimate of drug-likeness (QED) is 0.493. The molecule has 1 aliphatic heterocycles. The minimum atomic E-state index is -0.679. The van der Waals surface area contributed by atoms with Crippen molar-refractivity contribution in [2.75, 3.05) is 38.0 Å². The van der Waals surface area contributed by atoms with E-state index < -0.39 is 12.3 Å². The zero-order valence-corrected chi connectivity index (χ0v) is 21.1. The molecule has 8 heteroatoms. The van der Waals surface area contributed by atoms with Crippen LogP contribution in [0.2, 0.25) is 0 Å². The molecule has 2 atom stereocenters. The van der Waals surface area contributed by atoms with E-state index in [4.69, 9.17) is 14.2 Å². The fourth-order valence-corrected chi connectivity index (χ4v) is 4.16. The molecule has 1 N–H and O–H groups in total. The van der Waals surface area contributed by atoms with Crippen molar-refractivity contribution in [2.24, 2.45) is 0 Å². The standard InChI is InChI=1S/C28H31N3O5/c1-6-35-25-17-19(11-16-24(25)36-18(2)27(32)30(3)4)26-29-23-10-8-7-9-22(23)28(33)31(26)20-12-14-21(34-5)15-13-20/h7-18,26,29H,6H2,1-5H3/t18-,26+/m1/s1. The molecule has 8 nitrogen and oxygen atoms in total. The van der Waals surface area contributed by atoms with Gasteiger partial charge >= 0.3 is 0 Å². The molecule has 0 aromatic heterocycles. The Kier molecular flexibility index (Phi) is 7.33. The second-order valence-corrected chi connectivity index (χ2v) is 8.60. The van der Waals surface area contributed by atoms with Crippen LogP contribution in [-0.4, -0.2) is 50.6 Å². The highest BCUT2D eigenvalue weighted by molar-refractivity contribution is 6.12. The lowest BCUT2D eigenvalue weighted by Gasteiger charge is -2.38. The van der Waals surface area contributed by atoms with E-state index in [-0.39, 0.29) is 11.8 Å². The molecule has 0 fully saturated rings. The van der Waals surface area contributed by atoms with Gasteiger partial charge in [-0.2, -0.15) is 0 Å². The van der Waals surface area contributed by atoms with E-state index in [0.717, 1.165) is 16.9 Å². The second kappa shape index (κ2) is 10.6. The van der Waals surface area contributed by atoms with Crippen LogP contribution in [0.3, 0.4) is 0 Å². The fourth-order valence-electron chi connectivity index (χ4n) is 4.16. The molecule has 4 rings (SSSR count). The molecule has 188 valence electrons. The van der Waals surface area contributed by atoms with Gasteiger partial charge in [0, 0.05) is 25.5 Å². The summed E-state index contributed by atoms with van der Waals surface area (Å²) >= 11 is 0. The summed E-state index contributed by atoms with van der Waals surface area (Å²) in [7, 11) is 4.98. The van der Waals surface area contributed by atoms with Crippen LogP contribution < -0.4 is 24.4 Å². The second-order valence-electron chi connectivity index (χ2n) is 8.60. The molecule has 36 heavy (non-hydrogen) atoms. The monoisotopic (exact) mass is 489 g/mol. The van der Waals surface area contributed by atoms with Crippen molar-refractivity contribution in [2.45, 2.75) is 26.1 Å². The van der Waals surface area contributed by atoms with Gasteiger partial charge in [0.25, 0.3) is 11.8 Å². The molecule has 0 saturated carbocycles. The Morgan fingerprint density at radius 1 is 1.06 bits per heavy atom. The van der Waals surface area contributed by atoms with E-state index in [1.807, 2.05) is 67.6 Å². The summed E-state index contributed by atoms with van der Waals surface area (Å²) < 4.78 is 17.1. The number of hydrogen-bond acceptors (Lipinski definition) is 6. The Bertz CT molecular complexity index is 1240. The molecule has 0 bridgehead atoms. The number of ether oxygens (including phenoxy) is 3. The summed E-state index contributed by atoms with van der Waals surface area (Å²) in [4.78, 5) is 29.2. The molecule has 0 aliphatic carbocycles. The Labute approximate surface area is 211 Å². The number of rotatable bonds is 8. The lowest BCUT2D eigenvalue weighted by atomic mass is 10.0. The fraction of sp³-hybridized carbons (Fsp3) is 0.286. The predicted molar refractivity (Wildman–Crippen MR) is 139 cm³/mol. The van der Waals surface area contributed by atoms with Gasteiger partial charge in [0.2, 0.25) is 0 Å². The minimum Gasteiger partial charge on any atom is -0.497 e. The van der Waals surface area contributed by atoms with Crippen molar-refractivity contribution in [1.82, 2.24) is 4.90 Å². The first-order valence-corrected chi connectivity index (χ1v) is 11.8. The highest BCUT2D eigenvalue weighted by Gasteiger charge is 2.34. The van der Waals surface area contributed by atoms with Crippen molar-refractivity contribution in [3.05, 3.63) is 77.9 Å². The third kappa shape index (κ3) is 4.93. The maximum Gasteiger partial charge on any atom is 0.262 e. The number of nitrogens with zero attached hydrogens (tertiary/aromatic N) is 2. The van der Waals surface area contributed by atoms with Gasteiger partial charge in [-0.25, -0.2) is 0 Å². The van der Waals surface area contributed by atoms with Crippen LogP contribution in [0.4, 0.5) is 11.4 Å². The number of carbonyl (C=O) groups excluding carboxylic acids is 2. The lowest BCUT2D eigenvalue weighted by molar-refractivity contribution is -0.135. The zero-order valence-electron chi connectivity index (χ0n) is 21.1. The zero-order chi connectivity index (χ0) is 25.8. The SMILES string of the molecule is CCOc1cc([C@H]2Nc3ccccc3C(=O)N2c2ccc(OC)cc2)ccc1O[C@H](C)C(=O)N(C)C. The Morgan fingerprint density at radius 3 is 2.44 bits per heavy atom. The first-order valence-electron chi connectivity index (χ1n) is 11.8. The summed E-state index contributed by atoms with van der Waals surface area (Å²) in [5.74, 6) is 1.39. The Balaban J connectivity index is 1.75. The molecular weight excluding hydrogens is 458 g/mol. The molecule has 1 heterocycles. The van der Waals surface area contributed by atoms with Gasteiger partial charge in [0.1, 0.15) is 11.9 Å².